The van der Waals surface area contributed by atoms with Crippen LogP contribution in [0.15, 0.2) is 77.9 Å². The number of imide groups is 1. The third-order valence-corrected chi connectivity index (χ3v) is 7.24. The Bertz CT molecular complexity index is 1330. The standard InChI is InChI=1S/C28H24N2O4/c1-33-23-11-5-8-20(26(23)34-16-21-9-4-7-17-6-2-3-10-22(17)21)15-29-30-27(31)24-18-12-13-19(14-18)25(24)28(30)32/h2-13,15,18-19,24-25H,14,16H2,1H3. The van der Waals surface area contributed by atoms with E-state index in [0.717, 1.165) is 27.8 Å². The molecule has 170 valence electrons. The van der Waals surface area contributed by atoms with Crippen LogP contribution in [0, 0.1) is 23.7 Å². The number of fused-ring (bicyclic) bond motifs is 6. The highest BCUT2D eigenvalue weighted by atomic mass is 16.5. The van der Waals surface area contributed by atoms with Gasteiger partial charge in [0.15, 0.2) is 11.5 Å². The molecule has 0 N–H and O–H groups in total. The first kappa shape index (κ1) is 20.7. The fourth-order valence-corrected chi connectivity index (χ4v) is 5.64. The smallest absolute Gasteiger partial charge is 0.254 e. The first-order valence-corrected chi connectivity index (χ1v) is 11.5. The van der Waals surface area contributed by atoms with Gasteiger partial charge in [-0.2, -0.15) is 10.1 Å². The quantitative estimate of drug-likeness (QED) is 0.312. The fraction of sp³-hybridized carbons (Fsp3) is 0.250. The van der Waals surface area contributed by atoms with Crippen LogP contribution in [0.5, 0.6) is 11.5 Å². The maximum atomic E-state index is 13.0. The van der Waals surface area contributed by atoms with E-state index in [1.54, 1.807) is 7.11 Å². The van der Waals surface area contributed by atoms with E-state index >= 15 is 0 Å². The Morgan fingerprint density at radius 3 is 2.41 bits per heavy atom. The van der Waals surface area contributed by atoms with Crippen molar-refractivity contribution in [3.63, 3.8) is 0 Å². The third-order valence-electron chi connectivity index (χ3n) is 7.24. The molecule has 0 radical (unpaired) electrons. The molecule has 4 unspecified atom stereocenters. The molecule has 6 heteroatoms. The molecule has 1 aliphatic heterocycles. The van der Waals surface area contributed by atoms with Crippen molar-refractivity contribution < 1.29 is 19.1 Å². The Hall–Kier alpha value is -3.93. The Kier molecular flexibility index (Phi) is 4.94. The zero-order valence-corrected chi connectivity index (χ0v) is 18.8. The molecule has 3 aromatic rings. The molecule has 1 saturated carbocycles. The molecule has 6 nitrogen and oxygen atoms in total. The third kappa shape index (κ3) is 3.21. The van der Waals surface area contributed by atoms with Crippen molar-refractivity contribution in [3.05, 3.63) is 83.9 Å². The van der Waals surface area contributed by atoms with Crippen LogP contribution in [-0.4, -0.2) is 30.1 Å². The van der Waals surface area contributed by atoms with Crippen LogP contribution >= 0.6 is 0 Å². The van der Waals surface area contributed by atoms with Crippen molar-refractivity contribution in [3.8, 4) is 11.5 Å². The molecule has 3 aliphatic rings. The van der Waals surface area contributed by atoms with Crippen molar-refractivity contribution in [2.75, 3.05) is 7.11 Å². The number of hydrogen-bond donors (Lipinski definition) is 0. The molecule has 1 saturated heterocycles. The van der Waals surface area contributed by atoms with Gasteiger partial charge >= 0.3 is 0 Å². The van der Waals surface area contributed by atoms with E-state index in [2.05, 4.69) is 35.5 Å². The fourth-order valence-electron chi connectivity index (χ4n) is 5.64. The minimum Gasteiger partial charge on any atom is -0.493 e. The number of hydrazone groups is 1. The molecule has 0 aromatic heterocycles. The predicted octanol–water partition coefficient (Wildman–Crippen LogP) is 4.57. The van der Waals surface area contributed by atoms with Crippen LogP contribution in [0.2, 0.25) is 0 Å². The topological polar surface area (TPSA) is 68.2 Å². The molecular weight excluding hydrogens is 428 g/mol. The second-order valence-electron chi connectivity index (χ2n) is 9.04. The van der Waals surface area contributed by atoms with Gasteiger partial charge < -0.3 is 9.47 Å². The normalized spacial score (nSPS) is 25.0. The number of rotatable bonds is 6. The predicted molar refractivity (Wildman–Crippen MR) is 128 cm³/mol. The van der Waals surface area contributed by atoms with Crippen molar-refractivity contribution in [2.24, 2.45) is 28.8 Å². The number of amides is 2. The number of nitrogens with zero attached hydrogens (tertiary/aromatic N) is 2. The molecule has 2 aliphatic carbocycles. The highest BCUT2D eigenvalue weighted by molar-refractivity contribution is 6.07. The molecule has 2 bridgehead atoms. The van der Waals surface area contributed by atoms with Crippen LogP contribution in [0.1, 0.15) is 17.5 Å². The van der Waals surface area contributed by atoms with Crippen molar-refractivity contribution in [2.45, 2.75) is 13.0 Å². The number of methoxy groups -OCH3 is 1. The van der Waals surface area contributed by atoms with E-state index < -0.39 is 0 Å². The Balaban J connectivity index is 1.27. The number of hydrogen-bond acceptors (Lipinski definition) is 5. The summed E-state index contributed by atoms with van der Waals surface area (Å²) >= 11 is 0. The van der Waals surface area contributed by atoms with Gasteiger partial charge in [-0.05, 0) is 46.7 Å². The van der Waals surface area contributed by atoms with Gasteiger partial charge in [0.25, 0.3) is 11.8 Å². The zero-order valence-electron chi connectivity index (χ0n) is 18.8. The zero-order chi connectivity index (χ0) is 23.2. The summed E-state index contributed by atoms with van der Waals surface area (Å²) in [6.45, 7) is 0.337. The van der Waals surface area contributed by atoms with Crippen LogP contribution in [-0.2, 0) is 16.2 Å². The van der Waals surface area contributed by atoms with Gasteiger partial charge in [-0.3, -0.25) is 9.59 Å². The monoisotopic (exact) mass is 452 g/mol. The summed E-state index contributed by atoms with van der Waals surface area (Å²) in [5.41, 5.74) is 1.69. The summed E-state index contributed by atoms with van der Waals surface area (Å²) in [6, 6.07) is 19.8. The second-order valence-corrected chi connectivity index (χ2v) is 9.04. The summed E-state index contributed by atoms with van der Waals surface area (Å²) in [7, 11) is 1.58. The molecule has 3 aromatic carbocycles. The lowest BCUT2D eigenvalue weighted by molar-refractivity contribution is -0.140. The Morgan fingerprint density at radius 1 is 0.941 bits per heavy atom. The highest BCUT2D eigenvalue weighted by Gasteiger charge is 2.59. The molecule has 0 spiro atoms. The maximum absolute atomic E-state index is 13.0. The van der Waals surface area contributed by atoms with E-state index in [1.807, 2.05) is 42.5 Å². The minimum absolute atomic E-state index is 0.156. The molecule has 6 rings (SSSR count). The summed E-state index contributed by atoms with van der Waals surface area (Å²) < 4.78 is 11.8. The van der Waals surface area contributed by atoms with Gasteiger partial charge in [0.05, 0.1) is 25.2 Å². The van der Waals surface area contributed by atoms with Gasteiger partial charge in [-0.1, -0.05) is 60.7 Å². The molecule has 1 heterocycles. The van der Waals surface area contributed by atoms with Crippen LogP contribution in [0.25, 0.3) is 10.8 Å². The van der Waals surface area contributed by atoms with Crippen LogP contribution in [0.3, 0.4) is 0 Å². The number of carbonyl (C=O) groups excluding carboxylic acids is 2. The van der Waals surface area contributed by atoms with Crippen LogP contribution in [0.4, 0.5) is 0 Å². The average molecular weight is 453 g/mol. The summed E-state index contributed by atoms with van der Waals surface area (Å²) in [5.74, 6) is 0.434. The highest BCUT2D eigenvalue weighted by Crippen LogP contribution is 2.52. The van der Waals surface area contributed by atoms with Gasteiger partial charge in [-0.15, -0.1) is 0 Å². The van der Waals surface area contributed by atoms with E-state index in [-0.39, 0.29) is 35.5 Å². The number of allylic oxidation sites excluding steroid dienone is 2. The molecule has 4 atom stereocenters. The molecule has 2 amide bonds. The van der Waals surface area contributed by atoms with Gasteiger partial charge in [0.2, 0.25) is 0 Å². The van der Waals surface area contributed by atoms with Gasteiger partial charge in [0, 0.05) is 5.56 Å². The molecule has 2 fully saturated rings. The number of ether oxygens (including phenoxy) is 2. The lowest BCUT2D eigenvalue weighted by atomic mass is 9.85. The van der Waals surface area contributed by atoms with Crippen molar-refractivity contribution >= 4 is 28.8 Å². The number of carbonyl (C=O) groups is 2. The Morgan fingerprint density at radius 2 is 1.65 bits per heavy atom. The van der Waals surface area contributed by atoms with E-state index in [4.69, 9.17) is 9.47 Å². The lowest BCUT2D eigenvalue weighted by Crippen LogP contribution is -2.28. The average Bonchev–Trinajstić information content (AvgIpc) is 3.55. The number of benzene rings is 3. The minimum atomic E-state index is -0.271. The van der Waals surface area contributed by atoms with E-state index in [0.29, 0.717) is 23.7 Å². The van der Waals surface area contributed by atoms with E-state index in [9.17, 15) is 9.59 Å². The van der Waals surface area contributed by atoms with Crippen molar-refractivity contribution in [1.29, 1.82) is 0 Å². The maximum Gasteiger partial charge on any atom is 0.254 e. The SMILES string of the molecule is COc1cccc(C=NN2C(=O)C3C4C=CC(C4)C3C2=O)c1OCc1cccc2ccccc12. The largest absolute Gasteiger partial charge is 0.493 e. The van der Waals surface area contributed by atoms with Gasteiger partial charge in [-0.25, -0.2) is 0 Å². The Labute approximate surface area is 197 Å². The first-order chi connectivity index (χ1) is 16.7. The number of para-hydroxylation sites is 1. The second kappa shape index (κ2) is 8.13. The van der Waals surface area contributed by atoms with Gasteiger partial charge in [0.1, 0.15) is 6.61 Å². The summed E-state index contributed by atoms with van der Waals surface area (Å²) in [4.78, 5) is 25.9. The van der Waals surface area contributed by atoms with Crippen LogP contribution < -0.4 is 9.47 Å². The van der Waals surface area contributed by atoms with Crippen molar-refractivity contribution in [1.82, 2.24) is 5.01 Å². The molecule has 34 heavy (non-hydrogen) atoms. The molecular formula is C28H24N2O4. The summed E-state index contributed by atoms with van der Waals surface area (Å²) in [6.07, 6.45) is 6.57. The summed E-state index contributed by atoms with van der Waals surface area (Å²) in [5, 5.41) is 7.64. The van der Waals surface area contributed by atoms with E-state index in [1.165, 1.54) is 6.21 Å². The first-order valence-electron chi connectivity index (χ1n) is 11.5. The lowest BCUT2D eigenvalue weighted by Gasteiger charge is -2.15.